The normalized spacial score (nSPS) is 25.3. The van der Waals surface area contributed by atoms with Gasteiger partial charge in [0.2, 0.25) is 0 Å². The first-order chi connectivity index (χ1) is 6.41. The maximum atomic E-state index is 3.76. The Bertz CT molecular complexity index is 162. The highest BCUT2D eigenvalue weighted by atomic mass is 14.9. The van der Waals surface area contributed by atoms with Crippen molar-refractivity contribution >= 4 is 0 Å². The summed E-state index contributed by atoms with van der Waals surface area (Å²) in [6.07, 6.45) is 5.50. The highest BCUT2D eigenvalue weighted by Gasteiger charge is 2.27. The monoisotopic (exact) mass is 197 g/mol. The van der Waals surface area contributed by atoms with E-state index in [-0.39, 0.29) is 0 Å². The van der Waals surface area contributed by atoms with Crippen molar-refractivity contribution in [2.75, 3.05) is 0 Å². The summed E-state index contributed by atoms with van der Waals surface area (Å²) in [6.45, 7) is 11.7. The Morgan fingerprint density at radius 2 is 1.57 bits per heavy atom. The summed E-state index contributed by atoms with van der Waals surface area (Å²) in [6, 6.07) is 1.45. The molecular weight excluding hydrogens is 170 g/mol. The number of rotatable bonds is 3. The van der Waals surface area contributed by atoms with E-state index in [1.54, 1.807) is 0 Å². The summed E-state index contributed by atoms with van der Waals surface area (Å²) in [5, 5.41) is 3.76. The topological polar surface area (TPSA) is 12.0 Å². The van der Waals surface area contributed by atoms with E-state index in [0.717, 1.165) is 12.0 Å². The lowest BCUT2D eigenvalue weighted by atomic mass is 9.75. The van der Waals surface area contributed by atoms with Crippen LogP contribution in [0.15, 0.2) is 0 Å². The number of nitrogens with one attached hydrogen (secondary N) is 1. The van der Waals surface area contributed by atoms with Crippen LogP contribution in [0, 0.1) is 11.3 Å². The molecule has 0 radical (unpaired) electrons. The van der Waals surface area contributed by atoms with Crippen LogP contribution in [-0.4, -0.2) is 12.1 Å². The maximum Gasteiger partial charge on any atom is 0.00700 e. The first-order valence-electron chi connectivity index (χ1n) is 6.17. The standard InChI is InChI=1S/C13H27N/c1-10(2)11(3)14-12-6-8-13(4,5)9-7-12/h10-12,14H,6-9H2,1-5H3/t11-/m1/s1. The molecule has 1 aliphatic rings. The van der Waals surface area contributed by atoms with E-state index >= 15 is 0 Å². The van der Waals surface area contributed by atoms with Gasteiger partial charge in [-0.15, -0.1) is 0 Å². The second-order valence-electron chi connectivity index (χ2n) is 6.14. The molecule has 1 heteroatoms. The van der Waals surface area contributed by atoms with Crippen LogP contribution in [0.1, 0.15) is 60.3 Å². The van der Waals surface area contributed by atoms with E-state index in [1.165, 1.54) is 25.7 Å². The average Bonchev–Trinajstić information content (AvgIpc) is 2.08. The molecule has 0 aromatic heterocycles. The minimum atomic E-state index is 0.596. The van der Waals surface area contributed by atoms with Crippen LogP contribution in [0.4, 0.5) is 0 Å². The molecule has 0 amide bonds. The van der Waals surface area contributed by atoms with Gasteiger partial charge in [0.1, 0.15) is 0 Å². The van der Waals surface area contributed by atoms with Crippen LogP contribution in [0.5, 0.6) is 0 Å². The largest absolute Gasteiger partial charge is 0.311 e. The summed E-state index contributed by atoms with van der Waals surface area (Å²) in [5.41, 5.74) is 0.596. The second-order valence-corrected chi connectivity index (χ2v) is 6.14. The molecule has 0 unspecified atom stereocenters. The first-order valence-corrected chi connectivity index (χ1v) is 6.17. The fourth-order valence-corrected chi connectivity index (χ4v) is 2.13. The minimum Gasteiger partial charge on any atom is -0.311 e. The van der Waals surface area contributed by atoms with Crippen LogP contribution in [0.2, 0.25) is 0 Å². The number of hydrogen-bond acceptors (Lipinski definition) is 1. The summed E-state index contributed by atoms with van der Waals surface area (Å²) < 4.78 is 0. The molecular formula is C13H27N. The van der Waals surface area contributed by atoms with Crippen molar-refractivity contribution < 1.29 is 0 Å². The Labute approximate surface area is 89.7 Å². The summed E-state index contributed by atoms with van der Waals surface area (Å²) in [4.78, 5) is 0. The lowest BCUT2D eigenvalue weighted by Gasteiger charge is -2.36. The van der Waals surface area contributed by atoms with Gasteiger partial charge in [-0.3, -0.25) is 0 Å². The van der Waals surface area contributed by atoms with E-state index in [9.17, 15) is 0 Å². The molecule has 1 nitrogen and oxygen atoms in total. The fourth-order valence-electron chi connectivity index (χ4n) is 2.13. The molecule has 1 N–H and O–H groups in total. The molecule has 1 aliphatic carbocycles. The molecule has 84 valence electrons. The van der Waals surface area contributed by atoms with Gasteiger partial charge in [0.05, 0.1) is 0 Å². The van der Waals surface area contributed by atoms with E-state index in [1.807, 2.05) is 0 Å². The zero-order chi connectivity index (χ0) is 10.8. The summed E-state index contributed by atoms with van der Waals surface area (Å²) in [5.74, 6) is 0.755. The predicted octanol–water partition coefficient (Wildman–Crippen LogP) is 3.59. The van der Waals surface area contributed by atoms with E-state index in [4.69, 9.17) is 0 Å². The minimum absolute atomic E-state index is 0.596. The zero-order valence-electron chi connectivity index (χ0n) is 10.6. The van der Waals surface area contributed by atoms with Gasteiger partial charge in [0.15, 0.2) is 0 Å². The van der Waals surface area contributed by atoms with Gasteiger partial charge in [-0.05, 0) is 43.9 Å². The van der Waals surface area contributed by atoms with Crippen LogP contribution in [-0.2, 0) is 0 Å². The summed E-state index contributed by atoms with van der Waals surface area (Å²) in [7, 11) is 0. The fraction of sp³-hybridized carbons (Fsp3) is 1.00. The maximum absolute atomic E-state index is 3.76. The molecule has 0 aromatic carbocycles. The molecule has 0 saturated heterocycles. The smallest absolute Gasteiger partial charge is 0.00700 e. The Morgan fingerprint density at radius 3 is 2.00 bits per heavy atom. The lowest BCUT2D eigenvalue weighted by molar-refractivity contribution is 0.193. The Morgan fingerprint density at radius 1 is 1.07 bits per heavy atom. The molecule has 1 atom stereocenters. The van der Waals surface area contributed by atoms with Crippen molar-refractivity contribution in [3.63, 3.8) is 0 Å². The Kier molecular flexibility index (Phi) is 4.00. The highest BCUT2D eigenvalue weighted by Crippen LogP contribution is 2.35. The molecule has 0 aromatic rings. The molecule has 1 rings (SSSR count). The van der Waals surface area contributed by atoms with Crippen molar-refractivity contribution in [3.8, 4) is 0 Å². The predicted molar refractivity (Wildman–Crippen MR) is 63.5 cm³/mol. The van der Waals surface area contributed by atoms with Crippen LogP contribution in [0.25, 0.3) is 0 Å². The van der Waals surface area contributed by atoms with E-state index in [0.29, 0.717) is 11.5 Å². The molecule has 0 spiro atoms. The van der Waals surface area contributed by atoms with Crippen molar-refractivity contribution in [2.45, 2.75) is 72.4 Å². The van der Waals surface area contributed by atoms with E-state index in [2.05, 4.69) is 39.9 Å². The molecule has 14 heavy (non-hydrogen) atoms. The SMILES string of the molecule is CC(C)[C@@H](C)NC1CCC(C)(C)CC1. The van der Waals surface area contributed by atoms with Crippen LogP contribution >= 0.6 is 0 Å². The van der Waals surface area contributed by atoms with Gasteiger partial charge in [0.25, 0.3) is 0 Å². The molecule has 0 aliphatic heterocycles. The van der Waals surface area contributed by atoms with E-state index < -0.39 is 0 Å². The highest BCUT2D eigenvalue weighted by molar-refractivity contribution is 4.83. The molecule has 1 saturated carbocycles. The Hall–Kier alpha value is -0.0400. The Balaban J connectivity index is 2.29. The molecule has 0 heterocycles. The third-order valence-corrected chi connectivity index (χ3v) is 3.84. The lowest BCUT2D eigenvalue weighted by Crippen LogP contribution is -2.42. The zero-order valence-corrected chi connectivity index (χ0v) is 10.6. The van der Waals surface area contributed by atoms with Crippen molar-refractivity contribution in [1.82, 2.24) is 5.32 Å². The second kappa shape index (κ2) is 4.65. The van der Waals surface area contributed by atoms with Gasteiger partial charge in [-0.2, -0.15) is 0 Å². The average molecular weight is 197 g/mol. The van der Waals surface area contributed by atoms with Crippen molar-refractivity contribution in [2.24, 2.45) is 11.3 Å². The van der Waals surface area contributed by atoms with Crippen LogP contribution < -0.4 is 5.32 Å². The molecule has 1 fully saturated rings. The first kappa shape index (κ1) is 12.0. The third kappa shape index (κ3) is 3.61. The van der Waals surface area contributed by atoms with Gasteiger partial charge >= 0.3 is 0 Å². The van der Waals surface area contributed by atoms with Crippen molar-refractivity contribution in [1.29, 1.82) is 0 Å². The van der Waals surface area contributed by atoms with Gasteiger partial charge in [-0.25, -0.2) is 0 Å². The third-order valence-electron chi connectivity index (χ3n) is 3.84. The quantitative estimate of drug-likeness (QED) is 0.729. The van der Waals surface area contributed by atoms with Gasteiger partial charge in [0, 0.05) is 12.1 Å². The van der Waals surface area contributed by atoms with Crippen LogP contribution in [0.3, 0.4) is 0 Å². The van der Waals surface area contributed by atoms with Gasteiger partial charge < -0.3 is 5.32 Å². The van der Waals surface area contributed by atoms with Gasteiger partial charge in [-0.1, -0.05) is 27.7 Å². The molecule has 0 bridgehead atoms. The van der Waals surface area contributed by atoms with Crippen molar-refractivity contribution in [3.05, 3.63) is 0 Å². The summed E-state index contributed by atoms with van der Waals surface area (Å²) >= 11 is 0. The number of hydrogen-bond donors (Lipinski definition) is 1.